The molecule has 12 nitrogen and oxygen atoms in total. The number of benzene rings is 1. The predicted octanol–water partition coefficient (Wildman–Crippen LogP) is 4.70. The Balaban J connectivity index is 1.52. The van der Waals surface area contributed by atoms with Crippen LogP contribution in [0.2, 0.25) is 10.3 Å². The monoisotopic (exact) mass is 677 g/mol. The lowest BCUT2D eigenvalue weighted by Crippen LogP contribution is -2.48. The van der Waals surface area contributed by atoms with Crippen LogP contribution in [0.3, 0.4) is 0 Å². The zero-order chi connectivity index (χ0) is 32.9. The van der Waals surface area contributed by atoms with Crippen LogP contribution in [-0.4, -0.2) is 62.0 Å². The van der Waals surface area contributed by atoms with Crippen molar-refractivity contribution >= 4 is 63.4 Å². The quantitative estimate of drug-likeness (QED) is 0.113. The molecule has 1 aromatic carbocycles. The summed E-state index contributed by atoms with van der Waals surface area (Å²) in [4.78, 5) is 61.3. The van der Waals surface area contributed by atoms with Crippen molar-refractivity contribution in [3.05, 3.63) is 68.9 Å². The molecule has 1 unspecified atom stereocenters. The molecule has 240 valence electrons. The van der Waals surface area contributed by atoms with Gasteiger partial charge in [0, 0.05) is 18.3 Å². The Kier molecular flexibility index (Phi) is 10.7. The van der Waals surface area contributed by atoms with E-state index in [9.17, 15) is 19.2 Å². The number of pyridine rings is 1. The highest BCUT2D eigenvalue weighted by Gasteiger charge is 2.51. The summed E-state index contributed by atoms with van der Waals surface area (Å²) in [6, 6.07) is 9.07. The zero-order valence-electron chi connectivity index (χ0n) is 25.1. The average molecular weight is 679 g/mol. The van der Waals surface area contributed by atoms with E-state index < -0.39 is 40.7 Å². The van der Waals surface area contributed by atoms with Crippen molar-refractivity contribution in [1.29, 1.82) is 0 Å². The molecule has 2 aromatic heterocycles. The van der Waals surface area contributed by atoms with Gasteiger partial charge in [0.25, 0.3) is 5.91 Å². The maximum absolute atomic E-state index is 13.9. The Morgan fingerprint density at radius 3 is 2.42 bits per heavy atom. The number of likely N-dealkylation sites (tertiary alicyclic amines) is 1. The number of carbonyl (C=O) groups excluding carboxylic acids is 4. The van der Waals surface area contributed by atoms with Gasteiger partial charge in [-0.25, -0.2) is 15.4 Å². The number of hydrogen-bond donors (Lipinski definition) is 3. The smallest absolute Gasteiger partial charge is 0.312 e. The molecule has 1 aliphatic heterocycles. The van der Waals surface area contributed by atoms with E-state index in [1.807, 2.05) is 0 Å². The van der Waals surface area contributed by atoms with E-state index in [0.717, 1.165) is 11.3 Å². The molecule has 3 heterocycles. The summed E-state index contributed by atoms with van der Waals surface area (Å²) in [5, 5.41) is 14.3. The maximum atomic E-state index is 13.9. The van der Waals surface area contributed by atoms with Crippen molar-refractivity contribution in [2.45, 2.75) is 70.6 Å². The fourth-order valence-electron chi connectivity index (χ4n) is 4.98. The summed E-state index contributed by atoms with van der Waals surface area (Å²) in [5.41, 5.74) is 1.34. The van der Waals surface area contributed by atoms with Crippen molar-refractivity contribution in [3.63, 3.8) is 0 Å². The number of nitrogens with zero attached hydrogens (tertiary/aromatic N) is 3. The topological polar surface area (TPSA) is 160 Å². The Morgan fingerprint density at radius 2 is 1.80 bits per heavy atom. The van der Waals surface area contributed by atoms with Crippen LogP contribution in [0.1, 0.15) is 57.4 Å². The molecule has 3 N–H and O–H groups in total. The number of esters is 1. The van der Waals surface area contributed by atoms with Crippen molar-refractivity contribution in [2.24, 2.45) is 0 Å². The fourth-order valence-corrected chi connectivity index (χ4v) is 6.21. The van der Waals surface area contributed by atoms with E-state index in [-0.39, 0.29) is 47.9 Å². The Labute approximate surface area is 274 Å². The van der Waals surface area contributed by atoms with Crippen LogP contribution in [0, 0.1) is 0 Å². The number of thiazole rings is 1. The second-order valence-corrected chi connectivity index (χ2v) is 13.2. The lowest BCUT2D eigenvalue weighted by atomic mass is 9.76. The molecule has 2 atom stereocenters. The van der Waals surface area contributed by atoms with Gasteiger partial charge in [0.15, 0.2) is 5.13 Å². The number of halogens is 2. The van der Waals surface area contributed by atoms with E-state index >= 15 is 0 Å². The first-order valence-corrected chi connectivity index (χ1v) is 15.6. The summed E-state index contributed by atoms with van der Waals surface area (Å²) in [5.74, 6) is -1.60. The first kappa shape index (κ1) is 34.1. The summed E-state index contributed by atoms with van der Waals surface area (Å²) in [6.45, 7) is 7.15. The number of ether oxygens (including phenoxy) is 2. The molecule has 1 fully saturated rings. The van der Waals surface area contributed by atoms with Gasteiger partial charge in [0.2, 0.25) is 11.8 Å². The second-order valence-electron chi connectivity index (χ2n) is 11.5. The molecule has 1 saturated heterocycles. The minimum atomic E-state index is -1.31. The Hall–Kier alpha value is -3.78. The number of carbonyl (C=O) groups is 4. The van der Waals surface area contributed by atoms with Crippen LogP contribution in [0.15, 0.2) is 41.8 Å². The first-order chi connectivity index (χ1) is 21.2. The molecule has 0 spiro atoms. The van der Waals surface area contributed by atoms with Gasteiger partial charge in [-0.05, 0) is 69.5 Å². The largest absolute Gasteiger partial charge is 0.489 e. The van der Waals surface area contributed by atoms with Gasteiger partial charge in [-0.15, -0.1) is 11.3 Å². The van der Waals surface area contributed by atoms with Crippen LogP contribution in [0.25, 0.3) is 0 Å². The van der Waals surface area contributed by atoms with Gasteiger partial charge in [-0.2, -0.15) is 0 Å². The van der Waals surface area contributed by atoms with E-state index in [1.54, 1.807) is 68.0 Å². The number of aromatic nitrogens is 2. The molecule has 0 radical (unpaired) electrons. The number of amides is 3. The van der Waals surface area contributed by atoms with E-state index in [0.29, 0.717) is 22.6 Å². The van der Waals surface area contributed by atoms with Crippen LogP contribution < -0.4 is 15.5 Å². The Bertz CT molecular complexity index is 1560. The van der Waals surface area contributed by atoms with E-state index in [4.69, 9.17) is 37.9 Å². The molecule has 15 heteroatoms. The number of rotatable bonds is 11. The Morgan fingerprint density at radius 1 is 1.13 bits per heavy atom. The summed E-state index contributed by atoms with van der Waals surface area (Å²) in [6.07, 6.45) is -0.0647. The summed E-state index contributed by atoms with van der Waals surface area (Å²) in [7, 11) is 0. The molecule has 3 aromatic rings. The standard InChI is InChI=1S/C30H33Cl2N5O7S/c1-17(26(40)36-42)37-10-9-30(27(37)41,14-24(38)35-28-33-20(16-45-28)13-25(39)44-29(2,3)4)19-5-7-21(8-6-19)43-15-18-11-22(31)34-23(32)12-18/h5-8,11-12,16-17,42H,9-10,13-15H2,1-4H3,(H,36,40)(H,33,35,38)/t17-,30?/m1/s1. The lowest BCUT2D eigenvalue weighted by molar-refractivity contribution is -0.154. The van der Waals surface area contributed by atoms with Crippen molar-refractivity contribution in [2.75, 3.05) is 11.9 Å². The zero-order valence-corrected chi connectivity index (χ0v) is 27.4. The van der Waals surface area contributed by atoms with Gasteiger partial charge in [0.1, 0.15) is 34.3 Å². The van der Waals surface area contributed by atoms with Crippen LogP contribution in [-0.2, 0) is 42.4 Å². The third-order valence-electron chi connectivity index (χ3n) is 7.05. The minimum absolute atomic E-state index is 0.0541. The van der Waals surface area contributed by atoms with Crippen LogP contribution >= 0.6 is 34.5 Å². The highest BCUT2D eigenvalue weighted by Crippen LogP contribution is 2.41. The first-order valence-electron chi connectivity index (χ1n) is 14.0. The molecular formula is C30H33Cl2N5O7S. The van der Waals surface area contributed by atoms with Crippen LogP contribution in [0.5, 0.6) is 5.75 Å². The minimum Gasteiger partial charge on any atom is -0.489 e. The predicted molar refractivity (Wildman–Crippen MR) is 167 cm³/mol. The summed E-state index contributed by atoms with van der Waals surface area (Å²) >= 11 is 13.1. The molecule has 0 saturated carbocycles. The third kappa shape index (κ3) is 8.69. The van der Waals surface area contributed by atoms with Gasteiger partial charge < -0.3 is 19.7 Å². The van der Waals surface area contributed by atoms with E-state index in [1.165, 1.54) is 11.8 Å². The number of hydrogen-bond acceptors (Lipinski definition) is 10. The third-order valence-corrected chi connectivity index (χ3v) is 8.24. The average Bonchev–Trinajstić information content (AvgIpc) is 3.53. The van der Waals surface area contributed by atoms with Crippen LogP contribution in [0.4, 0.5) is 5.13 Å². The fraction of sp³-hybridized carbons (Fsp3) is 0.400. The van der Waals surface area contributed by atoms with Gasteiger partial charge in [-0.1, -0.05) is 35.3 Å². The highest BCUT2D eigenvalue weighted by atomic mass is 35.5. The lowest BCUT2D eigenvalue weighted by Gasteiger charge is -2.30. The van der Waals surface area contributed by atoms with Gasteiger partial charge in [0.05, 0.1) is 17.5 Å². The SMILES string of the molecule is C[C@H](C(=O)NO)N1CCC(CC(=O)Nc2nc(CC(=O)OC(C)(C)C)cs2)(c2ccc(OCc3cc(Cl)nc(Cl)c3)cc2)C1=O. The number of nitrogens with one attached hydrogen (secondary N) is 2. The second kappa shape index (κ2) is 14.1. The van der Waals surface area contributed by atoms with E-state index in [2.05, 4.69) is 15.3 Å². The molecule has 1 aliphatic rings. The highest BCUT2D eigenvalue weighted by molar-refractivity contribution is 7.13. The van der Waals surface area contributed by atoms with Gasteiger partial charge >= 0.3 is 5.97 Å². The molecule has 0 bridgehead atoms. The van der Waals surface area contributed by atoms with Crippen molar-refractivity contribution < 1.29 is 33.9 Å². The molecule has 3 amide bonds. The van der Waals surface area contributed by atoms with Crippen molar-refractivity contribution in [3.8, 4) is 5.75 Å². The normalized spacial score (nSPS) is 17.1. The van der Waals surface area contributed by atoms with Gasteiger partial charge in [-0.3, -0.25) is 24.4 Å². The summed E-state index contributed by atoms with van der Waals surface area (Å²) < 4.78 is 11.2. The molecule has 0 aliphatic carbocycles. The van der Waals surface area contributed by atoms with Crippen molar-refractivity contribution in [1.82, 2.24) is 20.3 Å². The number of anilines is 1. The maximum Gasteiger partial charge on any atom is 0.312 e. The molecule has 45 heavy (non-hydrogen) atoms. The number of hydroxylamine groups is 1. The molecule has 4 rings (SSSR count). The molecular weight excluding hydrogens is 645 g/mol.